The number of hydrogen-bond acceptors (Lipinski definition) is 4. The van der Waals surface area contributed by atoms with E-state index in [4.69, 9.17) is 9.47 Å². The van der Waals surface area contributed by atoms with Gasteiger partial charge in [-0.15, -0.1) is 6.58 Å². The molecule has 0 unspecified atom stereocenters. The average molecular weight is 326 g/mol. The minimum absolute atomic E-state index is 0.0365. The first-order valence-corrected chi connectivity index (χ1v) is 7.67. The number of aromatic hydroxyl groups is 2. The molecular weight excluding hydrogens is 304 g/mol. The SMILES string of the molecule is C=CCc1cc(COc2cc(/C=C/C)ccc2O)c(O)c(OC)c1. The molecule has 4 nitrogen and oxygen atoms in total. The van der Waals surface area contributed by atoms with Crippen LogP contribution < -0.4 is 9.47 Å². The molecule has 2 rings (SSSR count). The van der Waals surface area contributed by atoms with Gasteiger partial charge >= 0.3 is 0 Å². The first kappa shape index (κ1) is 17.5. The van der Waals surface area contributed by atoms with Crippen LogP contribution in [0.3, 0.4) is 0 Å². The summed E-state index contributed by atoms with van der Waals surface area (Å²) in [7, 11) is 1.50. The van der Waals surface area contributed by atoms with Crippen LogP contribution in [-0.2, 0) is 13.0 Å². The Kier molecular flexibility index (Phi) is 5.90. The zero-order chi connectivity index (χ0) is 17.5. The minimum Gasteiger partial charge on any atom is -0.504 e. The number of allylic oxidation sites excluding steroid dienone is 2. The molecule has 2 aromatic rings. The fourth-order valence-electron chi connectivity index (χ4n) is 2.38. The first-order chi connectivity index (χ1) is 11.6. The summed E-state index contributed by atoms with van der Waals surface area (Å²) in [4.78, 5) is 0. The van der Waals surface area contributed by atoms with Crippen LogP contribution in [0.5, 0.6) is 23.0 Å². The van der Waals surface area contributed by atoms with Crippen molar-refractivity contribution in [3.63, 3.8) is 0 Å². The maximum Gasteiger partial charge on any atom is 0.164 e. The Labute approximate surface area is 142 Å². The van der Waals surface area contributed by atoms with Crippen molar-refractivity contribution in [3.05, 3.63) is 65.8 Å². The standard InChI is InChI=1S/C20H22O4/c1-4-6-14-8-9-17(21)18(11-14)24-13-16-10-15(7-5-2)12-19(23-3)20(16)22/h4-6,8-12,21-22H,2,7,13H2,1,3H3/b6-4+. The number of phenolic OH excluding ortho intramolecular Hbond substituents is 2. The summed E-state index contributed by atoms with van der Waals surface area (Å²) in [5.41, 5.74) is 2.47. The van der Waals surface area contributed by atoms with Crippen LogP contribution >= 0.6 is 0 Å². The van der Waals surface area contributed by atoms with Gasteiger partial charge in [-0.25, -0.2) is 0 Å². The van der Waals surface area contributed by atoms with Gasteiger partial charge in [-0.2, -0.15) is 0 Å². The van der Waals surface area contributed by atoms with E-state index in [1.165, 1.54) is 7.11 Å². The molecular formula is C20H22O4. The van der Waals surface area contributed by atoms with Gasteiger partial charge in [0.15, 0.2) is 23.0 Å². The number of phenols is 2. The summed E-state index contributed by atoms with van der Waals surface area (Å²) in [6.45, 7) is 5.75. The lowest BCUT2D eigenvalue weighted by atomic mass is 10.1. The van der Waals surface area contributed by atoms with Crippen LogP contribution in [0.4, 0.5) is 0 Å². The van der Waals surface area contributed by atoms with E-state index in [2.05, 4.69) is 6.58 Å². The topological polar surface area (TPSA) is 58.9 Å². The molecule has 24 heavy (non-hydrogen) atoms. The van der Waals surface area contributed by atoms with Crippen LogP contribution in [0.2, 0.25) is 0 Å². The molecule has 2 aromatic carbocycles. The van der Waals surface area contributed by atoms with Gasteiger partial charge in [-0.3, -0.25) is 0 Å². The highest BCUT2D eigenvalue weighted by Gasteiger charge is 2.12. The minimum atomic E-state index is 0.0365. The van der Waals surface area contributed by atoms with E-state index in [1.54, 1.807) is 30.3 Å². The van der Waals surface area contributed by atoms with Crippen molar-refractivity contribution >= 4 is 6.08 Å². The third-order valence-electron chi connectivity index (χ3n) is 3.54. The maximum atomic E-state index is 10.3. The van der Waals surface area contributed by atoms with E-state index in [0.717, 1.165) is 11.1 Å². The highest BCUT2D eigenvalue weighted by Crippen LogP contribution is 2.34. The third kappa shape index (κ3) is 4.10. The van der Waals surface area contributed by atoms with Crippen molar-refractivity contribution in [2.24, 2.45) is 0 Å². The Bertz CT molecular complexity index is 748. The normalized spacial score (nSPS) is 10.8. The molecule has 4 heteroatoms. The van der Waals surface area contributed by atoms with Gasteiger partial charge in [0.1, 0.15) is 6.61 Å². The number of methoxy groups -OCH3 is 1. The smallest absolute Gasteiger partial charge is 0.164 e. The molecule has 0 fully saturated rings. The lowest BCUT2D eigenvalue weighted by molar-refractivity contribution is 0.280. The molecule has 2 N–H and O–H groups in total. The molecule has 0 aliphatic rings. The molecule has 0 saturated heterocycles. The Morgan fingerprint density at radius 3 is 2.58 bits per heavy atom. The predicted molar refractivity (Wildman–Crippen MR) is 95.7 cm³/mol. The molecule has 0 amide bonds. The van der Waals surface area contributed by atoms with Crippen LogP contribution in [0.25, 0.3) is 6.08 Å². The summed E-state index contributed by atoms with van der Waals surface area (Å²) in [6, 6.07) is 8.74. The van der Waals surface area contributed by atoms with Crippen LogP contribution in [-0.4, -0.2) is 17.3 Å². The lowest BCUT2D eigenvalue weighted by Crippen LogP contribution is -1.99. The molecule has 0 atom stereocenters. The summed E-state index contributed by atoms with van der Waals surface area (Å²) >= 11 is 0. The molecule has 0 saturated carbocycles. The number of ether oxygens (including phenoxy) is 2. The second-order valence-electron chi connectivity index (χ2n) is 5.31. The lowest BCUT2D eigenvalue weighted by Gasteiger charge is -2.13. The summed E-state index contributed by atoms with van der Waals surface area (Å²) in [5, 5.41) is 20.2. The fraction of sp³-hybridized carbons (Fsp3) is 0.200. The molecule has 0 aliphatic carbocycles. The largest absolute Gasteiger partial charge is 0.504 e. The van der Waals surface area contributed by atoms with Gasteiger partial charge in [0.25, 0.3) is 0 Å². The van der Waals surface area contributed by atoms with Gasteiger partial charge in [0.2, 0.25) is 0 Å². The third-order valence-corrected chi connectivity index (χ3v) is 3.54. The van der Waals surface area contributed by atoms with Crippen LogP contribution in [0.1, 0.15) is 23.6 Å². The zero-order valence-corrected chi connectivity index (χ0v) is 14.0. The zero-order valence-electron chi connectivity index (χ0n) is 14.0. The number of benzene rings is 2. The summed E-state index contributed by atoms with van der Waals surface area (Å²) < 4.78 is 10.9. The van der Waals surface area contributed by atoms with Crippen molar-refractivity contribution in [3.8, 4) is 23.0 Å². The Morgan fingerprint density at radius 1 is 1.12 bits per heavy atom. The van der Waals surface area contributed by atoms with Gasteiger partial charge in [-0.05, 0) is 48.7 Å². The summed E-state index contributed by atoms with van der Waals surface area (Å²) in [6.07, 6.45) is 6.26. The van der Waals surface area contributed by atoms with Gasteiger partial charge in [0, 0.05) is 5.56 Å². The Morgan fingerprint density at radius 2 is 1.92 bits per heavy atom. The van der Waals surface area contributed by atoms with Crippen molar-refractivity contribution < 1.29 is 19.7 Å². The van der Waals surface area contributed by atoms with E-state index in [1.807, 2.05) is 25.1 Å². The maximum absolute atomic E-state index is 10.3. The first-order valence-electron chi connectivity index (χ1n) is 7.67. The van der Waals surface area contributed by atoms with E-state index >= 15 is 0 Å². The quantitative estimate of drug-likeness (QED) is 0.738. The van der Waals surface area contributed by atoms with E-state index < -0.39 is 0 Å². The predicted octanol–water partition coefficient (Wildman–Crippen LogP) is 4.45. The van der Waals surface area contributed by atoms with Crippen molar-refractivity contribution in [2.75, 3.05) is 7.11 Å². The molecule has 0 spiro atoms. The summed E-state index contributed by atoms with van der Waals surface area (Å²) in [5.74, 6) is 0.837. The van der Waals surface area contributed by atoms with Gasteiger partial charge < -0.3 is 19.7 Å². The highest BCUT2D eigenvalue weighted by atomic mass is 16.5. The second-order valence-corrected chi connectivity index (χ2v) is 5.31. The monoisotopic (exact) mass is 326 g/mol. The molecule has 126 valence electrons. The molecule has 0 aliphatic heterocycles. The molecule has 0 aromatic heterocycles. The number of rotatable bonds is 7. The van der Waals surface area contributed by atoms with E-state index in [0.29, 0.717) is 23.5 Å². The van der Waals surface area contributed by atoms with Gasteiger partial charge in [0.05, 0.1) is 7.11 Å². The average Bonchev–Trinajstić information content (AvgIpc) is 2.58. The van der Waals surface area contributed by atoms with E-state index in [9.17, 15) is 10.2 Å². The second kappa shape index (κ2) is 8.11. The van der Waals surface area contributed by atoms with Crippen LogP contribution in [0, 0.1) is 0 Å². The Balaban J connectivity index is 2.27. The van der Waals surface area contributed by atoms with Crippen molar-refractivity contribution in [2.45, 2.75) is 20.0 Å². The molecule has 0 radical (unpaired) electrons. The highest BCUT2D eigenvalue weighted by molar-refractivity contribution is 5.55. The molecule has 0 bridgehead atoms. The molecule has 0 heterocycles. The van der Waals surface area contributed by atoms with Crippen LogP contribution in [0.15, 0.2) is 49.1 Å². The van der Waals surface area contributed by atoms with Crippen molar-refractivity contribution in [1.82, 2.24) is 0 Å². The fourth-order valence-corrected chi connectivity index (χ4v) is 2.38. The van der Waals surface area contributed by atoms with Crippen molar-refractivity contribution in [1.29, 1.82) is 0 Å². The van der Waals surface area contributed by atoms with E-state index in [-0.39, 0.29) is 18.1 Å². The Hall–Kier alpha value is -2.88. The number of hydrogen-bond donors (Lipinski definition) is 2. The van der Waals surface area contributed by atoms with Gasteiger partial charge in [-0.1, -0.05) is 24.3 Å².